The van der Waals surface area contributed by atoms with Crippen molar-refractivity contribution < 1.29 is 0 Å². The largest absolute Gasteiger partial charge is 0.352 e. The second-order valence-electron chi connectivity index (χ2n) is 7.55. The van der Waals surface area contributed by atoms with E-state index in [2.05, 4.69) is 88.5 Å². The lowest BCUT2D eigenvalue weighted by molar-refractivity contribution is 0.713. The molecule has 4 nitrogen and oxygen atoms in total. The van der Waals surface area contributed by atoms with Gasteiger partial charge in [0.05, 0.1) is 5.69 Å². The van der Waals surface area contributed by atoms with Crippen molar-refractivity contribution >= 4 is 27.7 Å². The Bertz CT molecular complexity index is 956. The molecule has 1 aromatic heterocycles. The summed E-state index contributed by atoms with van der Waals surface area (Å²) in [6.07, 6.45) is 1.03. The first-order valence-corrected chi connectivity index (χ1v) is 10.6. The fourth-order valence-corrected chi connectivity index (χ4v) is 3.89. The third kappa shape index (κ3) is 4.36. The van der Waals surface area contributed by atoms with Crippen LogP contribution in [0.3, 0.4) is 0 Å². The van der Waals surface area contributed by atoms with Gasteiger partial charge in [0.1, 0.15) is 5.82 Å². The normalized spacial score (nSPS) is 13.5. The molecule has 0 atom stereocenters. The molecule has 0 fully saturated rings. The zero-order valence-corrected chi connectivity index (χ0v) is 17.9. The third-order valence-corrected chi connectivity index (χ3v) is 5.62. The van der Waals surface area contributed by atoms with Gasteiger partial charge in [-0.3, -0.25) is 0 Å². The lowest BCUT2D eigenvalue weighted by Gasteiger charge is -2.30. The van der Waals surface area contributed by atoms with Gasteiger partial charge >= 0.3 is 0 Å². The van der Waals surface area contributed by atoms with Gasteiger partial charge in [0, 0.05) is 30.2 Å². The highest BCUT2D eigenvalue weighted by Crippen LogP contribution is 2.28. The SMILES string of the molecule is CC(C)c1cc(N2CCc3cc(Br)ccc3C2)nc(NCc2ccccc2)n1. The number of halogens is 1. The first-order chi connectivity index (χ1) is 13.6. The van der Waals surface area contributed by atoms with Gasteiger partial charge in [-0.05, 0) is 41.2 Å². The lowest BCUT2D eigenvalue weighted by Crippen LogP contribution is -2.31. The number of hydrogen-bond donors (Lipinski definition) is 1. The van der Waals surface area contributed by atoms with Crippen molar-refractivity contribution in [2.75, 3.05) is 16.8 Å². The van der Waals surface area contributed by atoms with Crippen molar-refractivity contribution in [3.8, 4) is 0 Å². The van der Waals surface area contributed by atoms with E-state index in [0.29, 0.717) is 11.9 Å². The molecule has 2 heterocycles. The van der Waals surface area contributed by atoms with Gasteiger partial charge in [0.2, 0.25) is 5.95 Å². The molecule has 28 heavy (non-hydrogen) atoms. The Labute approximate surface area is 175 Å². The van der Waals surface area contributed by atoms with Crippen molar-refractivity contribution in [2.45, 2.75) is 39.3 Å². The molecule has 0 bridgehead atoms. The fraction of sp³-hybridized carbons (Fsp3) is 0.304. The standard InChI is InChI=1S/C23H25BrN4/c1-16(2)21-13-22(27-23(26-21)25-14-17-6-4-3-5-7-17)28-11-10-18-12-20(24)9-8-19(18)15-28/h3-9,12-13,16H,10-11,14-15H2,1-2H3,(H,25,26,27). The average molecular weight is 437 g/mol. The van der Waals surface area contributed by atoms with Crippen LogP contribution in [0.15, 0.2) is 59.1 Å². The Hall–Kier alpha value is -2.40. The summed E-state index contributed by atoms with van der Waals surface area (Å²) in [5.41, 5.74) is 5.09. The van der Waals surface area contributed by atoms with Gasteiger partial charge in [-0.15, -0.1) is 0 Å². The van der Waals surface area contributed by atoms with Crippen LogP contribution in [0.5, 0.6) is 0 Å². The minimum atomic E-state index is 0.354. The van der Waals surface area contributed by atoms with Crippen LogP contribution in [0, 0.1) is 0 Å². The molecule has 0 unspecified atom stereocenters. The maximum atomic E-state index is 4.84. The number of anilines is 2. The molecular formula is C23H25BrN4. The number of benzene rings is 2. The molecule has 0 amide bonds. The van der Waals surface area contributed by atoms with Crippen molar-refractivity contribution in [2.24, 2.45) is 0 Å². The van der Waals surface area contributed by atoms with E-state index in [1.165, 1.54) is 16.7 Å². The van der Waals surface area contributed by atoms with E-state index < -0.39 is 0 Å². The average Bonchev–Trinajstić information content (AvgIpc) is 2.72. The highest BCUT2D eigenvalue weighted by molar-refractivity contribution is 9.10. The van der Waals surface area contributed by atoms with Crippen molar-refractivity contribution in [1.82, 2.24) is 9.97 Å². The maximum absolute atomic E-state index is 4.84. The van der Waals surface area contributed by atoms with Gasteiger partial charge in [-0.1, -0.05) is 66.2 Å². The van der Waals surface area contributed by atoms with Crippen LogP contribution in [0.1, 0.15) is 42.1 Å². The molecule has 0 saturated heterocycles. The molecule has 0 aliphatic carbocycles. The number of rotatable bonds is 5. The minimum Gasteiger partial charge on any atom is -0.352 e. The minimum absolute atomic E-state index is 0.354. The summed E-state index contributed by atoms with van der Waals surface area (Å²) in [4.78, 5) is 11.9. The summed E-state index contributed by atoms with van der Waals surface area (Å²) in [5.74, 6) is 2.06. The fourth-order valence-electron chi connectivity index (χ4n) is 3.48. The van der Waals surface area contributed by atoms with Crippen LogP contribution in [0.2, 0.25) is 0 Å². The predicted molar refractivity (Wildman–Crippen MR) is 119 cm³/mol. The van der Waals surface area contributed by atoms with E-state index >= 15 is 0 Å². The van der Waals surface area contributed by atoms with E-state index in [9.17, 15) is 0 Å². The number of nitrogens with zero attached hydrogens (tertiary/aromatic N) is 3. The summed E-state index contributed by atoms with van der Waals surface area (Å²) in [6.45, 7) is 6.93. The van der Waals surface area contributed by atoms with Crippen LogP contribution in [0.25, 0.3) is 0 Å². The van der Waals surface area contributed by atoms with Crippen LogP contribution in [0.4, 0.5) is 11.8 Å². The Balaban J connectivity index is 1.58. The van der Waals surface area contributed by atoms with Gasteiger partial charge in [0.25, 0.3) is 0 Å². The molecule has 5 heteroatoms. The van der Waals surface area contributed by atoms with E-state index in [-0.39, 0.29) is 0 Å². The molecule has 0 radical (unpaired) electrons. The highest BCUT2D eigenvalue weighted by Gasteiger charge is 2.19. The molecule has 0 spiro atoms. The molecule has 144 valence electrons. The summed E-state index contributed by atoms with van der Waals surface area (Å²) >= 11 is 3.58. The second kappa shape index (κ2) is 8.31. The van der Waals surface area contributed by atoms with Gasteiger partial charge in [-0.2, -0.15) is 4.98 Å². The van der Waals surface area contributed by atoms with Crippen LogP contribution in [-0.4, -0.2) is 16.5 Å². The van der Waals surface area contributed by atoms with Gasteiger partial charge in [0.15, 0.2) is 0 Å². The zero-order valence-electron chi connectivity index (χ0n) is 16.3. The molecule has 1 aliphatic rings. The van der Waals surface area contributed by atoms with Crippen molar-refractivity contribution in [3.05, 3.63) is 81.5 Å². The third-order valence-electron chi connectivity index (χ3n) is 5.12. The Morgan fingerprint density at radius 3 is 2.64 bits per heavy atom. The smallest absolute Gasteiger partial charge is 0.225 e. The lowest BCUT2D eigenvalue weighted by atomic mass is 10.00. The molecule has 1 aliphatic heterocycles. The van der Waals surface area contributed by atoms with Crippen LogP contribution >= 0.6 is 15.9 Å². The van der Waals surface area contributed by atoms with E-state index in [0.717, 1.165) is 42.0 Å². The van der Waals surface area contributed by atoms with E-state index in [1.54, 1.807) is 0 Å². The monoisotopic (exact) mass is 436 g/mol. The number of hydrogen-bond acceptors (Lipinski definition) is 4. The molecule has 3 aromatic rings. The first kappa shape index (κ1) is 18.9. The molecule has 0 saturated carbocycles. The quantitative estimate of drug-likeness (QED) is 0.569. The molecular weight excluding hydrogens is 412 g/mol. The maximum Gasteiger partial charge on any atom is 0.225 e. The Morgan fingerprint density at radius 2 is 1.86 bits per heavy atom. The van der Waals surface area contributed by atoms with E-state index in [4.69, 9.17) is 9.97 Å². The zero-order chi connectivity index (χ0) is 19.5. The summed E-state index contributed by atoms with van der Waals surface area (Å²) in [5, 5.41) is 3.41. The first-order valence-electron chi connectivity index (χ1n) is 9.77. The van der Waals surface area contributed by atoms with Gasteiger partial charge < -0.3 is 10.2 Å². The Morgan fingerprint density at radius 1 is 1.04 bits per heavy atom. The topological polar surface area (TPSA) is 41.1 Å². The number of fused-ring (bicyclic) bond motifs is 1. The van der Waals surface area contributed by atoms with Crippen LogP contribution in [-0.2, 0) is 19.5 Å². The predicted octanol–water partition coefficient (Wildman–Crippen LogP) is 5.54. The molecule has 4 rings (SSSR count). The summed E-state index contributed by atoms with van der Waals surface area (Å²) in [6, 6.07) is 19.1. The number of nitrogens with one attached hydrogen (secondary N) is 1. The summed E-state index contributed by atoms with van der Waals surface area (Å²) in [7, 11) is 0. The van der Waals surface area contributed by atoms with Crippen molar-refractivity contribution in [3.63, 3.8) is 0 Å². The highest BCUT2D eigenvalue weighted by atomic mass is 79.9. The summed E-state index contributed by atoms with van der Waals surface area (Å²) < 4.78 is 1.15. The second-order valence-corrected chi connectivity index (χ2v) is 8.47. The van der Waals surface area contributed by atoms with Gasteiger partial charge in [-0.25, -0.2) is 4.98 Å². The van der Waals surface area contributed by atoms with E-state index in [1.807, 2.05) is 6.07 Å². The van der Waals surface area contributed by atoms with Crippen molar-refractivity contribution in [1.29, 1.82) is 0 Å². The Kier molecular flexibility index (Phi) is 5.62. The number of aromatic nitrogens is 2. The molecule has 2 aromatic carbocycles. The van der Waals surface area contributed by atoms with Crippen LogP contribution < -0.4 is 10.2 Å². The molecule has 1 N–H and O–H groups in total.